The van der Waals surface area contributed by atoms with Gasteiger partial charge in [0.15, 0.2) is 0 Å². The molecule has 0 amide bonds. The predicted octanol–water partition coefficient (Wildman–Crippen LogP) is 1.99. The van der Waals surface area contributed by atoms with Crippen molar-refractivity contribution >= 4 is 0 Å². The van der Waals surface area contributed by atoms with Crippen LogP contribution in [0.4, 0.5) is 0 Å². The smallest absolute Gasteiger partial charge is 0.122 e. The second kappa shape index (κ2) is 3.62. The van der Waals surface area contributed by atoms with E-state index in [-0.39, 0.29) is 0 Å². The molecule has 0 spiro atoms. The number of rotatable bonds is 1. The fourth-order valence-electron chi connectivity index (χ4n) is 2.07. The summed E-state index contributed by atoms with van der Waals surface area (Å²) in [6.07, 6.45) is 1.14. The number of ether oxygens (including phenoxy) is 1. The van der Waals surface area contributed by atoms with Crippen molar-refractivity contribution in [3.63, 3.8) is 0 Å². The van der Waals surface area contributed by atoms with E-state index < -0.39 is 0 Å². The lowest BCUT2D eigenvalue weighted by Crippen LogP contribution is -2.26. The van der Waals surface area contributed by atoms with E-state index >= 15 is 0 Å². The number of methoxy groups -OCH3 is 1. The van der Waals surface area contributed by atoms with Crippen molar-refractivity contribution in [2.75, 3.05) is 20.7 Å². The predicted molar refractivity (Wildman–Crippen MR) is 57.8 cm³/mol. The van der Waals surface area contributed by atoms with Gasteiger partial charge in [0.25, 0.3) is 0 Å². The molecule has 1 aliphatic rings. The lowest BCUT2D eigenvalue weighted by molar-refractivity contribution is 0.311. The minimum absolute atomic E-state index is 1.02. The third-order valence-electron chi connectivity index (χ3n) is 2.92. The zero-order chi connectivity index (χ0) is 10.1. The first-order chi connectivity index (χ1) is 6.70. The van der Waals surface area contributed by atoms with Crippen LogP contribution in [0.5, 0.6) is 5.75 Å². The summed E-state index contributed by atoms with van der Waals surface area (Å²) in [6, 6.07) is 4.45. The summed E-state index contributed by atoms with van der Waals surface area (Å²) >= 11 is 0. The lowest BCUT2D eigenvalue weighted by atomic mass is 9.97. The molecule has 2 heteroatoms. The van der Waals surface area contributed by atoms with Crippen LogP contribution in [-0.4, -0.2) is 25.6 Å². The molecule has 0 fully saturated rings. The van der Waals surface area contributed by atoms with Gasteiger partial charge in [-0.15, -0.1) is 0 Å². The summed E-state index contributed by atoms with van der Waals surface area (Å²) in [6.45, 7) is 4.33. The number of aryl methyl sites for hydroxylation is 1. The maximum absolute atomic E-state index is 5.32. The Morgan fingerprint density at radius 3 is 2.79 bits per heavy atom. The van der Waals surface area contributed by atoms with Gasteiger partial charge in [0.1, 0.15) is 5.75 Å². The molecule has 1 aromatic rings. The van der Waals surface area contributed by atoms with E-state index in [9.17, 15) is 0 Å². The van der Waals surface area contributed by atoms with E-state index in [0.717, 1.165) is 25.3 Å². The molecule has 0 atom stereocenters. The Kier molecular flexibility index (Phi) is 2.46. The molecule has 0 saturated heterocycles. The largest absolute Gasteiger partial charge is 0.496 e. The molecule has 0 N–H and O–H groups in total. The van der Waals surface area contributed by atoms with Crippen LogP contribution in [0.1, 0.15) is 16.7 Å². The van der Waals surface area contributed by atoms with Gasteiger partial charge in [-0.25, -0.2) is 0 Å². The Bertz CT molecular complexity index is 346. The lowest BCUT2D eigenvalue weighted by Gasteiger charge is -2.25. The number of benzene rings is 1. The number of likely N-dealkylation sites (N-methyl/N-ethyl adjacent to an activating group) is 1. The molecule has 1 aromatic carbocycles. The fraction of sp³-hybridized carbons (Fsp3) is 0.500. The van der Waals surface area contributed by atoms with E-state index in [2.05, 4.69) is 31.0 Å². The van der Waals surface area contributed by atoms with Gasteiger partial charge >= 0.3 is 0 Å². The highest BCUT2D eigenvalue weighted by atomic mass is 16.5. The molecule has 0 bridgehead atoms. The zero-order valence-corrected chi connectivity index (χ0v) is 9.13. The third-order valence-corrected chi connectivity index (χ3v) is 2.92. The van der Waals surface area contributed by atoms with Crippen LogP contribution in [0.2, 0.25) is 0 Å². The van der Waals surface area contributed by atoms with Gasteiger partial charge in [-0.3, -0.25) is 0 Å². The van der Waals surface area contributed by atoms with Gasteiger partial charge in [0.05, 0.1) is 7.11 Å². The maximum atomic E-state index is 5.32. The first kappa shape index (κ1) is 9.53. The van der Waals surface area contributed by atoms with Crippen LogP contribution < -0.4 is 4.74 Å². The molecule has 14 heavy (non-hydrogen) atoms. The van der Waals surface area contributed by atoms with Gasteiger partial charge in [0.2, 0.25) is 0 Å². The average molecular weight is 191 g/mol. The number of hydrogen-bond donors (Lipinski definition) is 0. The van der Waals surface area contributed by atoms with E-state index in [1.807, 2.05) is 0 Å². The van der Waals surface area contributed by atoms with Crippen molar-refractivity contribution < 1.29 is 4.74 Å². The summed E-state index contributed by atoms with van der Waals surface area (Å²) in [7, 11) is 3.91. The van der Waals surface area contributed by atoms with Crippen LogP contribution in [0.3, 0.4) is 0 Å². The number of fused-ring (bicyclic) bond motifs is 1. The summed E-state index contributed by atoms with van der Waals surface area (Å²) < 4.78 is 5.32. The Morgan fingerprint density at radius 1 is 1.29 bits per heavy atom. The quantitative estimate of drug-likeness (QED) is 0.673. The third kappa shape index (κ3) is 1.62. The Labute approximate surface area is 85.5 Å². The highest BCUT2D eigenvalue weighted by Gasteiger charge is 2.14. The van der Waals surface area contributed by atoms with E-state index in [1.54, 1.807) is 7.11 Å². The minimum atomic E-state index is 1.02. The van der Waals surface area contributed by atoms with Crippen molar-refractivity contribution in [1.29, 1.82) is 0 Å². The minimum Gasteiger partial charge on any atom is -0.496 e. The Balaban J connectivity index is 2.40. The summed E-state index contributed by atoms with van der Waals surface area (Å²) in [5.74, 6) is 1.02. The highest BCUT2D eigenvalue weighted by molar-refractivity contribution is 5.43. The van der Waals surface area contributed by atoms with Crippen LogP contribution in [-0.2, 0) is 13.0 Å². The summed E-state index contributed by atoms with van der Waals surface area (Å²) in [5, 5.41) is 0. The molecular formula is C12H17NO. The first-order valence-electron chi connectivity index (χ1n) is 5.05. The Hall–Kier alpha value is -1.02. The van der Waals surface area contributed by atoms with Crippen molar-refractivity contribution in [2.24, 2.45) is 0 Å². The van der Waals surface area contributed by atoms with Gasteiger partial charge in [0, 0.05) is 13.1 Å². The van der Waals surface area contributed by atoms with Crippen LogP contribution in [0.15, 0.2) is 12.1 Å². The van der Waals surface area contributed by atoms with Gasteiger partial charge < -0.3 is 9.64 Å². The molecular weight excluding hydrogens is 174 g/mol. The van der Waals surface area contributed by atoms with E-state index in [0.29, 0.717) is 0 Å². The molecule has 76 valence electrons. The van der Waals surface area contributed by atoms with Crippen molar-refractivity contribution in [1.82, 2.24) is 4.90 Å². The SMILES string of the molecule is COc1cc2c(cc1C)CN(C)CC2. The topological polar surface area (TPSA) is 12.5 Å². The molecule has 0 unspecified atom stereocenters. The molecule has 0 aromatic heterocycles. The van der Waals surface area contributed by atoms with Crippen LogP contribution in [0, 0.1) is 6.92 Å². The summed E-state index contributed by atoms with van der Waals surface area (Å²) in [5.41, 5.74) is 4.14. The average Bonchev–Trinajstić information content (AvgIpc) is 2.16. The van der Waals surface area contributed by atoms with E-state index in [4.69, 9.17) is 4.74 Å². The van der Waals surface area contributed by atoms with Gasteiger partial charge in [-0.2, -0.15) is 0 Å². The molecule has 0 radical (unpaired) electrons. The number of nitrogens with zero attached hydrogens (tertiary/aromatic N) is 1. The second-order valence-electron chi connectivity index (χ2n) is 4.08. The molecule has 1 heterocycles. The molecule has 1 aliphatic heterocycles. The van der Waals surface area contributed by atoms with Gasteiger partial charge in [-0.1, -0.05) is 6.07 Å². The monoisotopic (exact) mass is 191 g/mol. The van der Waals surface area contributed by atoms with E-state index in [1.165, 1.54) is 16.7 Å². The Morgan fingerprint density at radius 2 is 2.07 bits per heavy atom. The van der Waals surface area contributed by atoms with Gasteiger partial charge in [-0.05, 0) is 43.1 Å². The number of hydrogen-bond acceptors (Lipinski definition) is 2. The molecule has 0 aliphatic carbocycles. The first-order valence-corrected chi connectivity index (χ1v) is 5.05. The normalized spacial score (nSPS) is 16.5. The van der Waals surface area contributed by atoms with Crippen LogP contribution in [0.25, 0.3) is 0 Å². The summed E-state index contributed by atoms with van der Waals surface area (Å²) in [4.78, 5) is 2.36. The van der Waals surface area contributed by atoms with Crippen LogP contribution >= 0.6 is 0 Å². The zero-order valence-electron chi connectivity index (χ0n) is 9.13. The van der Waals surface area contributed by atoms with Crippen molar-refractivity contribution in [3.05, 3.63) is 28.8 Å². The second-order valence-corrected chi connectivity index (χ2v) is 4.08. The standard InChI is InChI=1S/C12H17NO/c1-9-6-11-8-13(2)5-4-10(11)7-12(9)14-3/h6-7H,4-5,8H2,1-3H3. The fourth-order valence-corrected chi connectivity index (χ4v) is 2.07. The van der Waals surface area contributed by atoms with Crippen molar-refractivity contribution in [3.8, 4) is 5.75 Å². The highest BCUT2D eigenvalue weighted by Crippen LogP contribution is 2.26. The molecule has 0 saturated carbocycles. The molecule has 2 rings (SSSR count). The maximum Gasteiger partial charge on any atom is 0.122 e. The molecule has 2 nitrogen and oxygen atoms in total. The van der Waals surface area contributed by atoms with Crippen molar-refractivity contribution in [2.45, 2.75) is 19.9 Å².